The summed E-state index contributed by atoms with van der Waals surface area (Å²) in [6.07, 6.45) is 3.33. The first-order valence-electron chi connectivity index (χ1n) is 4.15. The lowest BCUT2D eigenvalue weighted by Gasteiger charge is -1.84. The zero-order valence-electron chi connectivity index (χ0n) is 7.14. The van der Waals surface area contributed by atoms with Gasteiger partial charge in [0.2, 0.25) is 5.89 Å². The quantitative estimate of drug-likeness (QED) is 0.626. The van der Waals surface area contributed by atoms with Gasteiger partial charge < -0.3 is 4.42 Å². The molecule has 0 aromatic carbocycles. The Bertz CT molecular complexity index is 522. The van der Waals surface area contributed by atoms with Gasteiger partial charge in [-0.15, -0.1) is 0 Å². The minimum atomic E-state index is 0.510. The second kappa shape index (κ2) is 2.66. The van der Waals surface area contributed by atoms with Crippen molar-refractivity contribution in [2.75, 3.05) is 0 Å². The van der Waals surface area contributed by atoms with E-state index in [1.54, 1.807) is 18.5 Å². The number of H-pyrrole nitrogens is 1. The van der Waals surface area contributed by atoms with Crippen LogP contribution < -0.4 is 0 Å². The first-order chi connectivity index (χ1) is 6.93. The molecule has 5 heteroatoms. The van der Waals surface area contributed by atoms with Gasteiger partial charge in [0.15, 0.2) is 11.2 Å². The zero-order valence-corrected chi connectivity index (χ0v) is 7.14. The number of rotatable bonds is 1. The van der Waals surface area contributed by atoms with E-state index >= 15 is 0 Å². The monoisotopic (exact) mass is 186 g/mol. The van der Waals surface area contributed by atoms with E-state index in [0.717, 1.165) is 5.69 Å². The molecule has 3 heterocycles. The molecular weight excluding hydrogens is 180 g/mol. The van der Waals surface area contributed by atoms with E-state index in [0.29, 0.717) is 17.1 Å². The molecule has 0 fully saturated rings. The zero-order chi connectivity index (χ0) is 9.38. The van der Waals surface area contributed by atoms with Crippen LogP contribution in [0.3, 0.4) is 0 Å². The molecular formula is C9H6N4O. The van der Waals surface area contributed by atoms with Gasteiger partial charge in [-0.25, -0.2) is 4.98 Å². The van der Waals surface area contributed by atoms with Crippen molar-refractivity contribution in [2.45, 2.75) is 0 Å². The molecule has 0 radical (unpaired) electrons. The standard InChI is InChI=1S/C9H6N4O/c1-2-7-8(10-4-1)12-9(14-7)6-3-5-11-13-6/h1-5H,(H,11,13). The second-order valence-corrected chi connectivity index (χ2v) is 2.81. The third kappa shape index (κ3) is 0.990. The van der Waals surface area contributed by atoms with Gasteiger partial charge in [-0.05, 0) is 18.2 Å². The highest BCUT2D eigenvalue weighted by Gasteiger charge is 2.08. The van der Waals surface area contributed by atoms with Crippen molar-refractivity contribution >= 4 is 11.2 Å². The minimum absolute atomic E-state index is 0.510. The number of nitrogens with one attached hydrogen (secondary N) is 1. The average molecular weight is 186 g/mol. The first kappa shape index (κ1) is 7.25. The Kier molecular flexibility index (Phi) is 1.38. The first-order valence-corrected chi connectivity index (χ1v) is 4.15. The van der Waals surface area contributed by atoms with Crippen molar-refractivity contribution in [1.29, 1.82) is 0 Å². The number of aromatic nitrogens is 4. The highest BCUT2D eigenvalue weighted by molar-refractivity contribution is 5.70. The number of aromatic amines is 1. The van der Waals surface area contributed by atoms with E-state index in [-0.39, 0.29) is 0 Å². The molecule has 0 unspecified atom stereocenters. The SMILES string of the molecule is c1cnc2nc(-c3ccn[nH]3)oc2c1. The van der Waals surface area contributed by atoms with E-state index < -0.39 is 0 Å². The molecule has 3 rings (SSSR count). The fourth-order valence-electron chi connectivity index (χ4n) is 1.26. The molecule has 0 atom stereocenters. The molecule has 5 nitrogen and oxygen atoms in total. The van der Waals surface area contributed by atoms with E-state index in [1.807, 2.05) is 12.1 Å². The normalized spacial score (nSPS) is 10.9. The summed E-state index contributed by atoms with van der Waals surface area (Å²) in [5.74, 6) is 0.510. The van der Waals surface area contributed by atoms with Crippen molar-refractivity contribution in [2.24, 2.45) is 0 Å². The maximum atomic E-state index is 5.47. The molecule has 0 spiro atoms. The summed E-state index contributed by atoms with van der Waals surface area (Å²) in [6.45, 7) is 0. The van der Waals surface area contributed by atoms with Crippen LogP contribution in [0, 0.1) is 0 Å². The van der Waals surface area contributed by atoms with Crippen LogP contribution in [-0.2, 0) is 0 Å². The van der Waals surface area contributed by atoms with Crippen LogP contribution in [0.25, 0.3) is 22.8 Å². The lowest BCUT2D eigenvalue weighted by molar-refractivity contribution is 0.616. The van der Waals surface area contributed by atoms with Crippen molar-refractivity contribution in [1.82, 2.24) is 20.2 Å². The van der Waals surface area contributed by atoms with Crippen LogP contribution in [0.15, 0.2) is 35.0 Å². The van der Waals surface area contributed by atoms with Crippen molar-refractivity contribution in [3.63, 3.8) is 0 Å². The molecule has 14 heavy (non-hydrogen) atoms. The predicted molar refractivity (Wildman–Crippen MR) is 49.4 cm³/mol. The number of fused-ring (bicyclic) bond motifs is 1. The highest BCUT2D eigenvalue weighted by atomic mass is 16.3. The maximum Gasteiger partial charge on any atom is 0.247 e. The molecule has 0 bridgehead atoms. The Hall–Kier alpha value is -2.17. The number of hydrogen-bond donors (Lipinski definition) is 1. The molecule has 0 aliphatic carbocycles. The van der Waals surface area contributed by atoms with E-state index in [9.17, 15) is 0 Å². The maximum absolute atomic E-state index is 5.47. The summed E-state index contributed by atoms with van der Waals surface area (Å²) in [6, 6.07) is 5.43. The molecule has 0 aliphatic rings. The van der Waals surface area contributed by atoms with Gasteiger partial charge in [0.1, 0.15) is 5.69 Å². The number of pyridine rings is 1. The summed E-state index contributed by atoms with van der Waals surface area (Å²) < 4.78 is 5.47. The van der Waals surface area contributed by atoms with Crippen molar-refractivity contribution < 1.29 is 4.42 Å². The van der Waals surface area contributed by atoms with Gasteiger partial charge in [-0.1, -0.05) is 0 Å². The van der Waals surface area contributed by atoms with Crippen LogP contribution in [-0.4, -0.2) is 20.2 Å². The molecule has 0 saturated heterocycles. The summed E-state index contributed by atoms with van der Waals surface area (Å²) in [5.41, 5.74) is 2.04. The summed E-state index contributed by atoms with van der Waals surface area (Å²) in [5, 5.41) is 6.60. The molecule has 3 aromatic heterocycles. The highest BCUT2D eigenvalue weighted by Crippen LogP contribution is 2.20. The van der Waals surface area contributed by atoms with Crippen LogP contribution in [0.4, 0.5) is 0 Å². The van der Waals surface area contributed by atoms with Gasteiger partial charge in [-0.2, -0.15) is 10.1 Å². The van der Waals surface area contributed by atoms with Crippen LogP contribution in [0.5, 0.6) is 0 Å². The smallest absolute Gasteiger partial charge is 0.247 e. The Morgan fingerprint density at radius 1 is 1.21 bits per heavy atom. The fourth-order valence-corrected chi connectivity index (χ4v) is 1.26. The van der Waals surface area contributed by atoms with Gasteiger partial charge in [0.05, 0.1) is 0 Å². The van der Waals surface area contributed by atoms with Gasteiger partial charge >= 0.3 is 0 Å². The topological polar surface area (TPSA) is 67.6 Å². The average Bonchev–Trinajstić information content (AvgIpc) is 2.86. The van der Waals surface area contributed by atoms with Crippen molar-refractivity contribution in [3.8, 4) is 11.6 Å². The van der Waals surface area contributed by atoms with E-state index in [1.165, 1.54) is 0 Å². The molecule has 0 saturated carbocycles. The largest absolute Gasteiger partial charge is 0.433 e. The molecule has 68 valence electrons. The molecule has 0 amide bonds. The fraction of sp³-hybridized carbons (Fsp3) is 0. The third-order valence-corrected chi connectivity index (χ3v) is 1.90. The molecule has 3 aromatic rings. The summed E-state index contributed by atoms with van der Waals surface area (Å²) in [7, 11) is 0. The Morgan fingerprint density at radius 2 is 2.21 bits per heavy atom. The lowest BCUT2D eigenvalue weighted by atomic mass is 10.4. The summed E-state index contributed by atoms with van der Waals surface area (Å²) in [4.78, 5) is 8.28. The van der Waals surface area contributed by atoms with Crippen LogP contribution >= 0.6 is 0 Å². The lowest BCUT2D eigenvalue weighted by Crippen LogP contribution is -1.77. The Morgan fingerprint density at radius 3 is 3.00 bits per heavy atom. The second-order valence-electron chi connectivity index (χ2n) is 2.81. The van der Waals surface area contributed by atoms with Gasteiger partial charge in [-0.3, -0.25) is 5.10 Å². The van der Waals surface area contributed by atoms with Gasteiger partial charge in [0.25, 0.3) is 0 Å². The van der Waals surface area contributed by atoms with E-state index in [2.05, 4.69) is 20.2 Å². The Labute approximate surface area is 78.8 Å². The third-order valence-electron chi connectivity index (χ3n) is 1.90. The summed E-state index contributed by atoms with van der Waals surface area (Å²) >= 11 is 0. The number of hydrogen-bond acceptors (Lipinski definition) is 4. The number of oxazole rings is 1. The predicted octanol–water partition coefficient (Wildman–Crippen LogP) is 1.61. The van der Waals surface area contributed by atoms with Crippen LogP contribution in [0.1, 0.15) is 0 Å². The van der Waals surface area contributed by atoms with Crippen LogP contribution in [0.2, 0.25) is 0 Å². The van der Waals surface area contributed by atoms with Gasteiger partial charge in [0, 0.05) is 12.4 Å². The number of nitrogens with zero attached hydrogens (tertiary/aromatic N) is 3. The minimum Gasteiger partial charge on any atom is -0.433 e. The van der Waals surface area contributed by atoms with E-state index in [4.69, 9.17) is 4.42 Å². The van der Waals surface area contributed by atoms with Crippen molar-refractivity contribution in [3.05, 3.63) is 30.6 Å². The Balaban J connectivity index is 2.24. The molecule has 0 aliphatic heterocycles. The molecule has 1 N–H and O–H groups in total.